The van der Waals surface area contributed by atoms with Gasteiger partial charge in [-0.3, -0.25) is 4.98 Å². The minimum Gasteiger partial charge on any atom is -0.326 e. The summed E-state index contributed by atoms with van der Waals surface area (Å²) in [6.45, 7) is 2.61. The smallest absolute Gasteiger partial charge is 0.143 e. The van der Waals surface area contributed by atoms with Crippen LogP contribution in [0.25, 0.3) is 20.9 Å². The second-order valence-corrected chi connectivity index (χ2v) is 5.28. The third kappa shape index (κ3) is 2.00. The van der Waals surface area contributed by atoms with Crippen LogP contribution in [0.1, 0.15) is 11.1 Å². The van der Waals surface area contributed by atoms with Gasteiger partial charge in [-0.25, -0.2) is 4.98 Å². The molecular weight excluding hydrogens is 242 g/mol. The predicted molar refractivity (Wildman–Crippen MR) is 75.5 cm³/mol. The first-order valence-electron chi connectivity index (χ1n) is 5.79. The molecule has 0 radical (unpaired) electrons. The standard InChI is InChI=1S/C14H13N3S/c1-9-2-4-11-13(6-9)18-14(17-11)12-5-3-10(7-15)8-16-12/h2-6,8H,7,15H2,1H3. The van der Waals surface area contributed by atoms with Crippen LogP contribution in [0, 0.1) is 6.92 Å². The lowest BCUT2D eigenvalue weighted by Gasteiger charge is -1.97. The van der Waals surface area contributed by atoms with Gasteiger partial charge in [0.2, 0.25) is 0 Å². The molecule has 0 aliphatic heterocycles. The van der Waals surface area contributed by atoms with Crippen molar-refractivity contribution in [3.8, 4) is 10.7 Å². The molecule has 0 amide bonds. The number of hydrogen-bond acceptors (Lipinski definition) is 4. The summed E-state index contributed by atoms with van der Waals surface area (Å²) < 4.78 is 1.20. The molecule has 0 atom stereocenters. The lowest BCUT2D eigenvalue weighted by molar-refractivity contribution is 1.05. The van der Waals surface area contributed by atoms with Gasteiger partial charge in [0.25, 0.3) is 0 Å². The molecule has 4 heteroatoms. The van der Waals surface area contributed by atoms with E-state index >= 15 is 0 Å². The Bertz CT molecular complexity index is 686. The van der Waals surface area contributed by atoms with Crippen LogP contribution in [0.5, 0.6) is 0 Å². The molecule has 0 aliphatic rings. The Balaban J connectivity index is 2.07. The fourth-order valence-electron chi connectivity index (χ4n) is 1.81. The van der Waals surface area contributed by atoms with Crippen molar-refractivity contribution >= 4 is 21.6 Å². The van der Waals surface area contributed by atoms with E-state index in [4.69, 9.17) is 5.73 Å². The number of hydrogen-bond donors (Lipinski definition) is 1. The van der Waals surface area contributed by atoms with Gasteiger partial charge in [0.15, 0.2) is 0 Å². The van der Waals surface area contributed by atoms with Gasteiger partial charge in [-0.05, 0) is 36.2 Å². The highest BCUT2D eigenvalue weighted by atomic mass is 32.1. The second kappa shape index (κ2) is 4.48. The summed E-state index contributed by atoms with van der Waals surface area (Å²) in [6.07, 6.45) is 1.81. The van der Waals surface area contributed by atoms with Crippen LogP contribution >= 0.6 is 11.3 Å². The Morgan fingerprint density at radius 1 is 1.22 bits per heavy atom. The normalized spacial score (nSPS) is 11.0. The van der Waals surface area contributed by atoms with Crippen LogP contribution in [-0.2, 0) is 6.54 Å². The van der Waals surface area contributed by atoms with Crippen molar-refractivity contribution in [1.82, 2.24) is 9.97 Å². The number of fused-ring (bicyclic) bond motifs is 1. The molecule has 0 saturated carbocycles. The summed E-state index contributed by atoms with van der Waals surface area (Å²) in [4.78, 5) is 9.01. The summed E-state index contributed by atoms with van der Waals surface area (Å²) >= 11 is 1.67. The highest BCUT2D eigenvalue weighted by Crippen LogP contribution is 2.29. The fourth-order valence-corrected chi connectivity index (χ4v) is 2.85. The third-order valence-corrected chi connectivity index (χ3v) is 3.86. The molecule has 1 aromatic carbocycles. The number of aromatic nitrogens is 2. The molecule has 0 spiro atoms. The summed E-state index contributed by atoms with van der Waals surface area (Å²) in [6, 6.07) is 10.3. The van der Waals surface area contributed by atoms with Crippen LogP contribution in [0.2, 0.25) is 0 Å². The molecule has 2 aromatic heterocycles. The zero-order valence-corrected chi connectivity index (χ0v) is 10.9. The molecule has 2 heterocycles. The largest absolute Gasteiger partial charge is 0.326 e. The average Bonchev–Trinajstić information content (AvgIpc) is 2.81. The summed E-state index contributed by atoms with van der Waals surface area (Å²) in [5.41, 5.74) is 9.80. The molecule has 3 rings (SSSR count). The Hall–Kier alpha value is -1.78. The minimum absolute atomic E-state index is 0.520. The molecule has 3 aromatic rings. The number of nitrogens with zero attached hydrogens (tertiary/aromatic N) is 2. The van der Waals surface area contributed by atoms with Crippen LogP contribution in [0.15, 0.2) is 36.5 Å². The first kappa shape index (κ1) is 11.3. The van der Waals surface area contributed by atoms with Crippen molar-refractivity contribution in [1.29, 1.82) is 0 Å². The summed E-state index contributed by atoms with van der Waals surface area (Å²) in [5, 5.41) is 0.958. The van der Waals surface area contributed by atoms with Crippen LogP contribution in [0.3, 0.4) is 0 Å². The van der Waals surface area contributed by atoms with E-state index in [1.165, 1.54) is 10.3 Å². The maximum atomic E-state index is 5.56. The molecular formula is C14H13N3S. The van der Waals surface area contributed by atoms with E-state index in [0.29, 0.717) is 6.54 Å². The molecule has 0 unspecified atom stereocenters. The zero-order valence-electron chi connectivity index (χ0n) is 10.1. The van der Waals surface area contributed by atoms with Gasteiger partial charge in [-0.15, -0.1) is 11.3 Å². The van der Waals surface area contributed by atoms with E-state index in [0.717, 1.165) is 21.8 Å². The SMILES string of the molecule is Cc1ccc2nc(-c3ccc(CN)cn3)sc2c1. The lowest BCUT2D eigenvalue weighted by Crippen LogP contribution is -1.96. The monoisotopic (exact) mass is 255 g/mol. The van der Waals surface area contributed by atoms with Crippen molar-refractivity contribution in [3.05, 3.63) is 47.7 Å². The topological polar surface area (TPSA) is 51.8 Å². The van der Waals surface area contributed by atoms with Crippen LogP contribution in [-0.4, -0.2) is 9.97 Å². The lowest BCUT2D eigenvalue weighted by atomic mass is 10.2. The first-order chi connectivity index (χ1) is 8.76. The van der Waals surface area contributed by atoms with Crippen molar-refractivity contribution < 1.29 is 0 Å². The first-order valence-corrected chi connectivity index (χ1v) is 6.60. The predicted octanol–water partition coefficient (Wildman–Crippen LogP) is 3.13. The van der Waals surface area contributed by atoms with Crippen LogP contribution in [0.4, 0.5) is 0 Å². The van der Waals surface area contributed by atoms with E-state index in [1.807, 2.05) is 18.3 Å². The Morgan fingerprint density at radius 2 is 2.11 bits per heavy atom. The third-order valence-electron chi connectivity index (χ3n) is 2.82. The summed E-state index contributed by atoms with van der Waals surface area (Å²) in [7, 11) is 0. The number of pyridine rings is 1. The molecule has 0 saturated heterocycles. The van der Waals surface area contributed by atoms with Crippen molar-refractivity contribution in [3.63, 3.8) is 0 Å². The highest BCUT2D eigenvalue weighted by molar-refractivity contribution is 7.21. The molecule has 0 bridgehead atoms. The van der Waals surface area contributed by atoms with Gasteiger partial charge in [0.05, 0.1) is 15.9 Å². The molecule has 0 aliphatic carbocycles. The van der Waals surface area contributed by atoms with E-state index < -0.39 is 0 Å². The molecule has 90 valence electrons. The number of nitrogens with two attached hydrogens (primary N) is 1. The minimum atomic E-state index is 0.520. The molecule has 3 nitrogen and oxygen atoms in total. The Morgan fingerprint density at radius 3 is 2.83 bits per heavy atom. The molecule has 18 heavy (non-hydrogen) atoms. The summed E-state index contributed by atoms with van der Waals surface area (Å²) in [5.74, 6) is 0. The van der Waals surface area contributed by atoms with Crippen LogP contribution < -0.4 is 5.73 Å². The maximum absolute atomic E-state index is 5.56. The number of rotatable bonds is 2. The highest BCUT2D eigenvalue weighted by Gasteiger charge is 2.07. The zero-order chi connectivity index (χ0) is 12.5. The second-order valence-electron chi connectivity index (χ2n) is 4.25. The Labute approximate surface area is 109 Å². The van der Waals surface area contributed by atoms with Gasteiger partial charge in [0.1, 0.15) is 5.01 Å². The van der Waals surface area contributed by atoms with Crippen molar-refractivity contribution in [2.45, 2.75) is 13.5 Å². The number of benzene rings is 1. The van der Waals surface area contributed by atoms with Crippen molar-refractivity contribution in [2.24, 2.45) is 5.73 Å². The van der Waals surface area contributed by atoms with E-state index in [2.05, 4.69) is 35.1 Å². The molecule has 2 N–H and O–H groups in total. The number of thiazole rings is 1. The van der Waals surface area contributed by atoms with E-state index in [1.54, 1.807) is 11.3 Å². The van der Waals surface area contributed by atoms with Gasteiger partial charge >= 0.3 is 0 Å². The van der Waals surface area contributed by atoms with Gasteiger partial charge in [-0.2, -0.15) is 0 Å². The van der Waals surface area contributed by atoms with Gasteiger partial charge in [0, 0.05) is 12.7 Å². The van der Waals surface area contributed by atoms with Gasteiger partial charge < -0.3 is 5.73 Å². The molecule has 0 fully saturated rings. The van der Waals surface area contributed by atoms with Crippen molar-refractivity contribution in [2.75, 3.05) is 0 Å². The number of aryl methyl sites for hydroxylation is 1. The maximum Gasteiger partial charge on any atom is 0.143 e. The van der Waals surface area contributed by atoms with E-state index in [9.17, 15) is 0 Å². The Kier molecular flexibility index (Phi) is 2.81. The average molecular weight is 255 g/mol. The quantitative estimate of drug-likeness (QED) is 0.765. The van der Waals surface area contributed by atoms with E-state index in [-0.39, 0.29) is 0 Å². The fraction of sp³-hybridized carbons (Fsp3) is 0.143. The van der Waals surface area contributed by atoms with Gasteiger partial charge in [-0.1, -0.05) is 12.1 Å².